The number of unbranched alkanes of at least 4 members (excludes halogenated alkanes) is 27. The average molecular weight is 962 g/mol. The van der Waals surface area contributed by atoms with Gasteiger partial charge in [0, 0.05) is 19.3 Å². The van der Waals surface area contributed by atoms with Crippen LogP contribution >= 0.6 is 0 Å². The van der Waals surface area contributed by atoms with Gasteiger partial charge in [0.1, 0.15) is 13.2 Å². The lowest BCUT2D eigenvalue weighted by molar-refractivity contribution is -0.167. The lowest BCUT2D eigenvalue weighted by Crippen LogP contribution is -2.30. The highest BCUT2D eigenvalue weighted by molar-refractivity contribution is 5.71. The predicted molar refractivity (Wildman–Crippen MR) is 297 cm³/mol. The number of hydrogen-bond acceptors (Lipinski definition) is 6. The molecule has 0 N–H and O–H groups in total. The molecular weight excluding hydrogens is 853 g/mol. The molecule has 0 unspecified atom stereocenters. The van der Waals surface area contributed by atoms with Crippen LogP contribution in [0.15, 0.2) is 85.1 Å². The van der Waals surface area contributed by atoms with E-state index in [-0.39, 0.29) is 31.1 Å². The van der Waals surface area contributed by atoms with Crippen LogP contribution in [0.25, 0.3) is 0 Å². The van der Waals surface area contributed by atoms with Crippen molar-refractivity contribution in [2.75, 3.05) is 13.2 Å². The highest BCUT2D eigenvalue weighted by atomic mass is 16.6. The molecule has 0 amide bonds. The zero-order valence-electron chi connectivity index (χ0n) is 45.3. The molecule has 0 aromatic heterocycles. The fraction of sp³-hybridized carbons (Fsp3) is 0.730. The van der Waals surface area contributed by atoms with Crippen molar-refractivity contribution in [3.63, 3.8) is 0 Å². The van der Waals surface area contributed by atoms with Crippen LogP contribution in [0.4, 0.5) is 0 Å². The number of carbonyl (C=O) groups is 3. The Labute approximate surface area is 426 Å². The SMILES string of the molecule is CC/C=C\C/C=C\C/C=C\C/C=C\C/C=C\CCCCCC(=O)OC[C@@H](COC(=O)CCCCCCC/C=C\CCCCCCCC)OC(=O)CCCCCCCCC/C=C\CCCCCCCC. The second kappa shape index (κ2) is 57.2. The molecule has 6 heteroatoms. The monoisotopic (exact) mass is 961 g/mol. The molecule has 1 atom stereocenters. The molecule has 0 saturated carbocycles. The number of ether oxygens (including phenoxy) is 3. The van der Waals surface area contributed by atoms with E-state index in [9.17, 15) is 14.4 Å². The van der Waals surface area contributed by atoms with Gasteiger partial charge < -0.3 is 14.2 Å². The molecule has 69 heavy (non-hydrogen) atoms. The number of esters is 3. The molecule has 0 radical (unpaired) electrons. The van der Waals surface area contributed by atoms with E-state index < -0.39 is 6.10 Å². The molecule has 0 fully saturated rings. The molecule has 0 rings (SSSR count). The minimum Gasteiger partial charge on any atom is -0.462 e. The maximum atomic E-state index is 12.9. The average Bonchev–Trinajstić information content (AvgIpc) is 3.35. The molecular formula is C63H108O6. The third kappa shape index (κ3) is 55.4. The Morgan fingerprint density at radius 3 is 0.913 bits per heavy atom. The first-order valence-corrected chi connectivity index (χ1v) is 29.1. The number of allylic oxidation sites excluding steroid dienone is 14. The van der Waals surface area contributed by atoms with Gasteiger partial charge in [-0.3, -0.25) is 14.4 Å². The van der Waals surface area contributed by atoms with Crippen LogP contribution in [0, 0.1) is 0 Å². The van der Waals surface area contributed by atoms with E-state index in [1.807, 2.05) is 0 Å². The summed E-state index contributed by atoms with van der Waals surface area (Å²) in [5, 5.41) is 0. The first-order chi connectivity index (χ1) is 34.0. The molecule has 0 aliphatic rings. The summed E-state index contributed by atoms with van der Waals surface area (Å²) in [7, 11) is 0. The summed E-state index contributed by atoms with van der Waals surface area (Å²) >= 11 is 0. The van der Waals surface area contributed by atoms with Crippen molar-refractivity contribution in [3.05, 3.63) is 85.1 Å². The number of hydrogen-bond donors (Lipinski definition) is 0. The summed E-state index contributed by atoms with van der Waals surface area (Å²) in [5.41, 5.74) is 0. The summed E-state index contributed by atoms with van der Waals surface area (Å²) in [4.78, 5) is 38.2. The van der Waals surface area contributed by atoms with Crippen molar-refractivity contribution in [2.45, 2.75) is 284 Å². The highest BCUT2D eigenvalue weighted by Gasteiger charge is 2.19. The Balaban J connectivity index is 4.46. The van der Waals surface area contributed by atoms with Crippen LogP contribution in [0.5, 0.6) is 0 Å². The van der Waals surface area contributed by atoms with E-state index in [1.54, 1.807) is 0 Å². The van der Waals surface area contributed by atoms with Crippen LogP contribution < -0.4 is 0 Å². The molecule has 0 heterocycles. The van der Waals surface area contributed by atoms with Crippen LogP contribution in [-0.4, -0.2) is 37.2 Å². The first kappa shape index (κ1) is 65.6. The summed E-state index contributed by atoms with van der Waals surface area (Å²) in [6, 6.07) is 0. The molecule has 6 nitrogen and oxygen atoms in total. The molecule has 0 aliphatic carbocycles. The van der Waals surface area contributed by atoms with Gasteiger partial charge in [0.2, 0.25) is 0 Å². The Morgan fingerprint density at radius 1 is 0.304 bits per heavy atom. The van der Waals surface area contributed by atoms with Crippen LogP contribution in [0.2, 0.25) is 0 Å². The Kier molecular flexibility index (Phi) is 54.3. The van der Waals surface area contributed by atoms with Crippen LogP contribution in [0.1, 0.15) is 278 Å². The van der Waals surface area contributed by atoms with Gasteiger partial charge in [-0.25, -0.2) is 0 Å². The Hall–Kier alpha value is -3.41. The molecule has 0 aliphatic heterocycles. The molecule has 0 aromatic rings. The maximum Gasteiger partial charge on any atom is 0.306 e. The van der Waals surface area contributed by atoms with E-state index in [1.165, 1.54) is 135 Å². The molecule has 0 saturated heterocycles. The highest BCUT2D eigenvalue weighted by Crippen LogP contribution is 2.14. The minimum atomic E-state index is -0.797. The van der Waals surface area contributed by atoms with Crippen molar-refractivity contribution in [1.29, 1.82) is 0 Å². The fourth-order valence-corrected chi connectivity index (χ4v) is 7.99. The largest absolute Gasteiger partial charge is 0.462 e. The third-order valence-electron chi connectivity index (χ3n) is 12.4. The molecule has 396 valence electrons. The number of carbonyl (C=O) groups excluding carboxylic acids is 3. The van der Waals surface area contributed by atoms with Gasteiger partial charge in [-0.15, -0.1) is 0 Å². The maximum absolute atomic E-state index is 12.9. The second-order valence-corrected chi connectivity index (χ2v) is 19.2. The Bertz CT molecular complexity index is 1330. The van der Waals surface area contributed by atoms with Crippen molar-refractivity contribution in [2.24, 2.45) is 0 Å². The molecule has 0 aromatic carbocycles. The topological polar surface area (TPSA) is 78.9 Å². The zero-order chi connectivity index (χ0) is 50.0. The van der Waals surface area contributed by atoms with Gasteiger partial charge >= 0.3 is 17.9 Å². The quantitative estimate of drug-likeness (QED) is 0.0262. The van der Waals surface area contributed by atoms with Gasteiger partial charge in [0.05, 0.1) is 0 Å². The van der Waals surface area contributed by atoms with E-state index in [0.29, 0.717) is 19.3 Å². The van der Waals surface area contributed by atoms with E-state index in [0.717, 1.165) is 103 Å². The van der Waals surface area contributed by atoms with Gasteiger partial charge in [-0.05, 0) is 116 Å². The second-order valence-electron chi connectivity index (χ2n) is 19.2. The lowest BCUT2D eigenvalue weighted by Gasteiger charge is -2.18. The zero-order valence-corrected chi connectivity index (χ0v) is 45.3. The van der Waals surface area contributed by atoms with Gasteiger partial charge in [-0.1, -0.05) is 228 Å². The first-order valence-electron chi connectivity index (χ1n) is 29.1. The van der Waals surface area contributed by atoms with E-state index >= 15 is 0 Å². The predicted octanol–water partition coefficient (Wildman–Crippen LogP) is 19.5. The normalized spacial score (nSPS) is 12.7. The van der Waals surface area contributed by atoms with E-state index in [2.05, 4.69) is 106 Å². The van der Waals surface area contributed by atoms with E-state index in [4.69, 9.17) is 14.2 Å². The molecule has 0 bridgehead atoms. The van der Waals surface area contributed by atoms with Gasteiger partial charge in [0.25, 0.3) is 0 Å². The summed E-state index contributed by atoms with van der Waals surface area (Å²) in [5.74, 6) is -0.932. The summed E-state index contributed by atoms with van der Waals surface area (Å²) in [6.45, 7) is 6.49. The van der Waals surface area contributed by atoms with Crippen molar-refractivity contribution in [1.82, 2.24) is 0 Å². The Morgan fingerprint density at radius 2 is 0.565 bits per heavy atom. The minimum absolute atomic E-state index is 0.0928. The molecule has 0 spiro atoms. The van der Waals surface area contributed by atoms with Crippen LogP contribution in [-0.2, 0) is 28.6 Å². The fourth-order valence-electron chi connectivity index (χ4n) is 7.99. The van der Waals surface area contributed by atoms with Gasteiger partial charge in [0.15, 0.2) is 6.10 Å². The van der Waals surface area contributed by atoms with Crippen molar-refractivity contribution < 1.29 is 28.6 Å². The number of rotatable bonds is 52. The summed E-state index contributed by atoms with van der Waals surface area (Å²) in [6.07, 6.45) is 74.3. The standard InChI is InChI=1S/C63H108O6/c1-4-7-10-13-16-19-22-25-28-30-31-33-35-38-41-44-47-50-53-56-62(65)68-59-60(58-67-61(64)55-52-49-46-43-40-37-34-27-24-21-18-15-12-9-6-3)69-63(66)57-54-51-48-45-42-39-36-32-29-26-23-20-17-14-11-8-5-2/h7,10,16,19,25-29,31,33-34,38,41,60H,4-6,8-9,11-15,17-18,20-24,30,32,35-37,39-40,42-59H2,1-3H3/b10-7-,19-16-,28-25-,29-26-,33-31-,34-27-,41-38-/t60-/m1/s1. The van der Waals surface area contributed by atoms with Gasteiger partial charge in [-0.2, -0.15) is 0 Å². The van der Waals surface area contributed by atoms with Crippen LogP contribution in [0.3, 0.4) is 0 Å². The van der Waals surface area contributed by atoms with Crippen molar-refractivity contribution >= 4 is 17.9 Å². The summed E-state index contributed by atoms with van der Waals surface area (Å²) < 4.78 is 16.8. The third-order valence-corrected chi connectivity index (χ3v) is 12.4. The smallest absolute Gasteiger partial charge is 0.306 e. The van der Waals surface area contributed by atoms with Crippen molar-refractivity contribution in [3.8, 4) is 0 Å². The lowest BCUT2D eigenvalue weighted by atomic mass is 10.1.